The highest BCUT2D eigenvalue weighted by Crippen LogP contribution is 2.37. The minimum absolute atomic E-state index is 0.0201. The molecule has 0 bridgehead atoms. The summed E-state index contributed by atoms with van der Waals surface area (Å²) in [5, 5.41) is 3.52. The van der Waals surface area contributed by atoms with Crippen LogP contribution in [0.15, 0.2) is 22.7 Å². The van der Waals surface area contributed by atoms with E-state index in [1.165, 1.54) is 12.1 Å². The Kier molecular flexibility index (Phi) is 3.93. The Morgan fingerprint density at radius 1 is 1.35 bits per heavy atom. The monoisotopic (exact) mass is 287 g/mol. The number of nitrogens with zero attached hydrogens (tertiary/aromatic N) is 2. The first-order chi connectivity index (χ1) is 9.40. The molecule has 2 aromatic rings. The average Bonchev–Trinajstić information content (AvgIpc) is 2.81. The molecule has 0 aliphatic carbocycles. The summed E-state index contributed by atoms with van der Waals surface area (Å²) in [6, 6.07) is 3.67. The van der Waals surface area contributed by atoms with Gasteiger partial charge in [-0.3, -0.25) is 0 Å². The van der Waals surface area contributed by atoms with Gasteiger partial charge in [-0.15, -0.1) is 0 Å². The molecule has 0 aliphatic rings. The highest BCUT2D eigenvalue weighted by molar-refractivity contribution is 5.39. The lowest BCUT2D eigenvalue weighted by Crippen LogP contribution is -2.10. The highest BCUT2D eigenvalue weighted by atomic mass is 19.4. The van der Waals surface area contributed by atoms with Crippen molar-refractivity contribution in [2.24, 2.45) is 5.73 Å². The van der Waals surface area contributed by atoms with Gasteiger partial charge in [0.1, 0.15) is 5.75 Å². The summed E-state index contributed by atoms with van der Waals surface area (Å²) in [5.74, 6) is 0.196. The second-order valence-corrected chi connectivity index (χ2v) is 4.06. The Hall–Kier alpha value is -2.09. The highest BCUT2D eigenvalue weighted by Gasteiger charge is 2.34. The van der Waals surface area contributed by atoms with E-state index < -0.39 is 11.7 Å². The predicted molar refractivity (Wildman–Crippen MR) is 62.7 cm³/mol. The van der Waals surface area contributed by atoms with E-state index in [0.29, 0.717) is 11.4 Å². The number of aromatic nitrogens is 2. The van der Waals surface area contributed by atoms with Crippen molar-refractivity contribution in [3.63, 3.8) is 0 Å². The molecule has 20 heavy (non-hydrogen) atoms. The number of alkyl halides is 3. The van der Waals surface area contributed by atoms with Crippen molar-refractivity contribution in [2.75, 3.05) is 0 Å². The van der Waals surface area contributed by atoms with Crippen LogP contribution in [0.3, 0.4) is 0 Å². The number of nitrogens with two attached hydrogens (primary N) is 1. The summed E-state index contributed by atoms with van der Waals surface area (Å²) in [5.41, 5.74) is 4.83. The quantitative estimate of drug-likeness (QED) is 0.934. The molecule has 0 amide bonds. The van der Waals surface area contributed by atoms with Crippen molar-refractivity contribution in [3.05, 3.63) is 41.0 Å². The third-order valence-corrected chi connectivity index (χ3v) is 2.51. The topological polar surface area (TPSA) is 74.2 Å². The Morgan fingerprint density at radius 2 is 2.10 bits per heavy atom. The van der Waals surface area contributed by atoms with E-state index in [9.17, 15) is 13.2 Å². The fraction of sp³-hybridized carbons (Fsp3) is 0.333. The van der Waals surface area contributed by atoms with Crippen LogP contribution in [0.25, 0.3) is 0 Å². The summed E-state index contributed by atoms with van der Waals surface area (Å²) < 4.78 is 48.6. The molecule has 0 saturated carbocycles. The van der Waals surface area contributed by atoms with Crippen LogP contribution in [0.1, 0.15) is 22.8 Å². The molecule has 0 atom stereocenters. The second kappa shape index (κ2) is 5.49. The number of halogens is 3. The summed E-state index contributed by atoms with van der Waals surface area (Å²) in [6.45, 7) is 1.39. The van der Waals surface area contributed by atoms with Crippen molar-refractivity contribution in [2.45, 2.75) is 26.3 Å². The molecular formula is C12H12F3N3O2. The largest absolute Gasteiger partial charge is 0.483 e. The van der Waals surface area contributed by atoms with Crippen molar-refractivity contribution in [1.82, 2.24) is 10.1 Å². The van der Waals surface area contributed by atoms with Crippen LogP contribution >= 0.6 is 0 Å². The van der Waals surface area contributed by atoms with E-state index in [2.05, 4.69) is 10.1 Å². The molecule has 2 N–H and O–H groups in total. The van der Waals surface area contributed by atoms with Gasteiger partial charge in [-0.2, -0.15) is 18.2 Å². The lowest BCUT2D eigenvalue weighted by molar-refractivity contribution is -0.139. The molecule has 1 aromatic carbocycles. The molecule has 1 heterocycles. The zero-order chi connectivity index (χ0) is 14.8. The Labute approximate surface area is 112 Å². The van der Waals surface area contributed by atoms with Gasteiger partial charge in [0, 0.05) is 6.54 Å². The lowest BCUT2D eigenvalue weighted by Gasteiger charge is -2.14. The summed E-state index contributed by atoms with van der Waals surface area (Å²) in [4.78, 5) is 3.85. The van der Waals surface area contributed by atoms with Gasteiger partial charge in [-0.25, -0.2) is 0 Å². The molecule has 1 aromatic heterocycles. The first-order valence-corrected chi connectivity index (χ1v) is 5.72. The number of aryl methyl sites for hydroxylation is 1. The Morgan fingerprint density at radius 3 is 2.65 bits per heavy atom. The Bertz CT molecular complexity index is 596. The van der Waals surface area contributed by atoms with Crippen LogP contribution in [-0.4, -0.2) is 10.1 Å². The van der Waals surface area contributed by atoms with Crippen molar-refractivity contribution < 1.29 is 22.4 Å². The molecule has 0 radical (unpaired) electrons. The van der Waals surface area contributed by atoms with Crippen LogP contribution in [0.2, 0.25) is 0 Å². The van der Waals surface area contributed by atoms with Crippen LogP contribution in [-0.2, 0) is 19.3 Å². The van der Waals surface area contributed by atoms with Crippen LogP contribution in [0.4, 0.5) is 13.2 Å². The van der Waals surface area contributed by atoms with E-state index in [1.807, 2.05) is 0 Å². The number of benzene rings is 1. The number of hydrogen-bond acceptors (Lipinski definition) is 5. The molecule has 0 saturated heterocycles. The average molecular weight is 287 g/mol. The van der Waals surface area contributed by atoms with E-state index in [1.54, 1.807) is 6.92 Å². The standard InChI is InChI=1S/C12H12F3N3O2/c1-7-17-11(20-18-7)6-19-10-3-2-8(5-16)4-9(10)12(13,14)15/h2-4H,5-6,16H2,1H3. The van der Waals surface area contributed by atoms with Gasteiger partial charge >= 0.3 is 6.18 Å². The molecule has 0 spiro atoms. The van der Waals surface area contributed by atoms with Crippen LogP contribution in [0.5, 0.6) is 5.75 Å². The molecule has 0 unspecified atom stereocenters. The van der Waals surface area contributed by atoms with Gasteiger partial charge in [-0.05, 0) is 24.6 Å². The maximum Gasteiger partial charge on any atom is 0.419 e. The van der Waals surface area contributed by atoms with Gasteiger partial charge in [0.2, 0.25) is 0 Å². The summed E-state index contributed by atoms with van der Waals surface area (Å²) in [6.07, 6.45) is -4.52. The summed E-state index contributed by atoms with van der Waals surface area (Å²) in [7, 11) is 0. The minimum Gasteiger partial charge on any atom is -0.483 e. The molecule has 0 aliphatic heterocycles. The van der Waals surface area contributed by atoms with E-state index in [4.69, 9.17) is 15.0 Å². The molecule has 0 fully saturated rings. The third-order valence-electron chi connectivity index (χ3n) is 2.51. The summed E-state index contributed by atoms with van der Waals surface area (Å²) >= 11 is 0. The fourth-order valence-corrected chi connectivity index (χ4v) is 1.59. The minimum atomic E-state index is -4.52. The van der Waals surface area contributed by atoms with Crippen molar-refractivity contribution >= 4 is 0 Å². The van der Waals surface area contributed by atoms with Gasteiger partial charge in [0.15, 0.2) is 12.4 Å². The van der Waals surface area contributed by atoms with Crippen molar-refractivity contribution in [3.8, 4) is 5.75 Å². The van der Waals surface area contributed by atoms with Crippen molar-refractivity contribution in [1.29, 1.82) is 0 Å². The fourth-order valence-electron chi connectivity index (χ4n) is 1.59. The molecule has 108 valence electrons. The number of rotatable bonds is 4. The second-order valence-electron chi connectivity index (χ2n) is 4.06. The Balaban J connectivity index is 2.22. The first-order valence-electron chi connectivity index (χ1n) is 5.72. The maximum atomic E-state index is 12.9. The van der Waals surface area contributed by atoms with Gasteiger partial charge < -0.3 is 15.0 Å². The van der Waals surface area contributed by atoms with E-state index in [0.717, 1.165) is 6.07 Å². The predicted octanol–water partition coefficient (Wildman–Crippen LogP) is 2.43. The number of ether oxygens (including phenoxy) is 1. The number of hydrogen-bond donors (Lipinski definition) is 1. The van der Waals surface area contributed by atoms with E-state index in [-0.39, 0.29) is 24.8 Å². The van der Waals surface area contributed by atoms with Gasteiger partial charge in [0.25, 0.3) is 5.89 Å². The van der Waals surface area contributed by atoms with E-state index >= 15 is 0 Å². The third kappa shape index (κ3) is 3.27. The smallest absolute Gasteiger partial charge is 0.419 e. The van der Waals surface area contributed by atoms with Gasteiger partial charge in [-0.1, -0.05) is 11.2 Å². The maximum absolute atomic E-state index is 12.9. The van der Waals surface area contributed by atoms with Gasteiger partial charge in [0.05, 0.1) is 5.56 Å². The zero-order valence-corrected chi connectivity index (χ0v) is 10.6. The molecular weight excluding hydrogens is 275 g/mol. The molecule has 2 rings (SSSR count). The van der Waals surface area contributed by atoms with Crippen LogP contribution < -0.4 is 10.5 Å². The zero-order valence-electron chi connectivity index (χ0n) is 10.6. The lowest BCUT2D eigenvalue weighted by atomic mass is 10.1. The SMILES string of the molecule is Cc1noc(COc2ccc(CN)cc2C(F)(F)F)n1. The molecule has 8 heteroatoms. The molecule has 5 nitrogen and oxygen atoms in total. The van der Waals surface area contributed by atoms with Crippen LogP contribution in [0, 0.1) is 6.92 Å². The first kappa shape index (κ1) is 14.3. The normalized spacial score (nSPS) is 11.7.